The molecular weight excluding hydrogens is 270 g/mol. The normalized spacial score (nSPS) is 13.4. The van der Waals surface area contributed by atoms with Crippen molar-refractivity contribution in [3.05, 3.63) is 45.6 Å². The van der Waals surface area contributed by atoms with Gasteiger partial charge in [0.25, 0.3) is 0 Å². The maximum absolute atomic E-state index is 4.25. The number of nitrogens with zero attached hydrogens (tertiary/aromatic N) is 3. The van der Waals surface area contributed by atoms with Crippen LogP contribution >= 0.6 is 15.9 Å². The van der Waals surface area contributed by atoms with E-state index in [9.17, 15) is 0 Å². The summed E-state index contributed by atoms with van der Waals surface area (Å²) in [5.74, 6) is 0.706. The first-order valence-electron chi connectivity index (χ1n) is 4.72. The molecule has 0 spiro atoms. The van der Waals surface area contributed by atoms with Crippen molar-refractivity contribution in [3.8, 4) is 0 Å². The van der Waals surface area contributed by atoms with Gasteiger partial charge in [-0.2, -0.15) is 5.10 Å². The number of halogens is 1. The van der Waals surface area contributed by atoms with Gasteiger partial charge in [0.05, 0.1) is 5.36 Å². The van der Waals surface area contributed by atoms with Gasteiger partial charge in [-0.3, -0.25) is 0 Å². The number of hydrogen-bond acceptors (Lipinski definition) is 4. The molecule has 1 aliphatic rings. The van der Waals surface area contributed by atoms with Crippen LogP contribution in [0.25, 0.3) is 6.20 Å². The second-order valence-electron chi connectivity index (χ2n) is 3.33. The maximum Gasteiger partial charge on any atom is 0.227 e. The van der Waals surface area contributed by atoms with Crippen molar-refractivity contribution in [2.24, 2.45) is 5.10 Å². The number of imidazole rings is 1. The molecule has 0 saturated heterocycles. The Hall–Kier alpha value is -1.82. The molecule has 1 aromatic carbocycles. The van der Waals surface area contributed by atoms with E-state index in [4.69, 9.17) is 0 Å². The van der Waals surface area contributed by atoms with E-state index in [0.29, 0.717) is 5.95 Å². The largest absolute Gasteiger partial charge is 0.329 e. The van der Waals surface area contributed by atoms with Gasteiger partial charge in [-0.25, -0.2) is 15.5 Å². The van der Waals surface area contributed by atoms with Crippen LogP contribution in [0, 0.1) is 0 Å². The number of nitrogens with one attached hydrogen (secondary N) is 2. The molecule has 1 aliphatic heterocycles. The maximum atomic E-state index is 4.25. The summed E-state index contributed by atoms with van der Waals surface area (Å²) in [6.45, 7) is 0. The van der Waals surface area contributed by atoms with Crippen molar-refractivity contribution in [1.82, 2.24) is 15.5 Å². The van der Waals surface area contributed by atoms with Crippen LogP contribution in [0.4, 0.5) is 5.95 Å². The van der Waals surface area contributed by atoms with Gasteiger partial charge < -0.3 is 4.98 Å². The van der Waals surface area contributed by atoms with Gasteiger partial charge in [0.2, 0.25) is 5.95 Å². The molecule has 2 heterocycles. The van der Waals surface area contributed by atoms with Crippen molar-refractivity contribution in [2.75, 3.05) is 5.01 Å². The zero-order chi connectivity index (χ0) is 11.0. The molecule has 0 saturated carbocycles. The minimum Gasteiger partial charge on any atom is -0.329 e. The van der Waals surface area contributed by atoms with Crippen molar-refractivity contribution < 1.29 is 0 Å². The predicted octanol–water partition coefficient (Wildman–Crippen LogP) is 0.470. The fourth-order valence-corrected chi connectivity index (χ4v) is 1.84. The van der Waals surface area contributed by atoms with Gasteiger partial charge in [-0.05, 0) is 12.1 Å². The predicted molar refractivity (Wildman–Crippen MR) is 63.6 cm³/mol. The fraction of sp³-hybridized carbons (Fsp3) is 0. The lowest BCUT2D eigenvalue weighted by atomic mass is 10.3. The van der Waals surface area contributed by atoms with Crippen LogP contribution in [-0.2, 0) is 0 Å². The van der Waals surface area contributed by atoms with E-state index in [1.165, 1.54) is 0 Å². The highest BCUT2D eigenvalue weighted by Crippen LogP contribution is 2.05. The summed E-state index contributed by atoms with van der Waals surface area (Å²) in [7, 11) is 0. The molecule has 80 valence electrons. The highest BCUT2D eigenvalue weighted by Gasteiger charge is 2.07. The van der Waals surface area contributed by atoms with E-state index in [1.54, 1.807) is 17.4 Å². The van der Waals surface area contributed by atoms with Crippen molar-refractivity contribution >= 4 is 28.1 Å². The molecule has 5 nitrogen and oxygen atoms in total. The van der Waals surface area contributed by atoms with Crippen LogP contribution in [0.1, 0.15) is 0 Å². The zero-order valence-electron chi connectivity index (χ0n) is 8.18. The number of aromatic nitrogens is 2. The van der Waals surface area contributed by atoms with E-state index in [1.807, 2.05) is 24.4 Å². The second-order valence-corrected chi connectivity index (χ2v) is 4.24. The van der Waals surface area contributed by atoms with Crippen molar-refractivity contribution in [2.45, 2.75) is 0 Å². The third kappa shape index (κ3) is 1.57. The SMILES string of the molecule is Brc1ccc2c(c1)=NNN(c1ncc[nH]1)C=2. The number of aromatic amines is 1. The van der Waals surface area contributed by atoms with Gasteiger partial charge in [0, 0.05) is 28.3 Å². The van der Waals surface area contributed by atoms with E-state index in [2.05, 4.69) is 36.5 Å². The zero-order valence-corrected chi connectivity index (χ0v) is 9.77. The lowest BCUT2D eigenvalue weighted by molar-refractivity contribution is 0.715. The molecule has 2 N–H and O–H groups in total. The van der Waals surface area contributed by atoms with Crippen LogP contribution in [0.3, 0.4) is 0 Å². The van der Waals surface area contributed by atoms with Crippen LogP contribution < -0.4 is 21.1 Å². The highest BCUT2D eigenvalue weighted by atomic mass is 79.9. The summed E-state index contributed by atoms with van der Waals surface area (Å²) in [5.41, 5.74) is 2.89. The minimum atomic E-state index is 0.706. The Morgan fingerprint density at radius 1 is 1.31 bits per heavy atom. The second kappa shape index (κ2) is 3.64. The standard InChI is InChI=1S/C10H8BrN5/c11-8-2-1-7-6-16(10-12-3-4-13-10)15-14-9(7)5-8/h1-6,15H,(H,12,13). The summed E-state index contributed by atoms with van der Waals surface area (Å²) in [4.78, 5) is 7.14. The summed E-state index contributed by atoms with van der Waals surface area (Å²) in [6, 6.07) is 5.94. The molecule has 0 bridgehead atoms. The minimum absolute atomic E-state index is 0.706. The molecule has 1 aromatic heterocycles. The average Bonchev–Trinajstić information content (AvgIpc) is 2.82. The molecule has 0 amide bonds. The molecule has 2 aromatic rings. The molecule has 0 radical (unpaired) electrons. The third-order valence-corrected chi connectivity index (χ3v) is 2.74. The molecule has 0 atom stereocenters. The lowest BCUT2D eigenvalue weighted by Gasteiger charge is -2.18. The Kier molecular flexibility index (Phi) is 2.14. The Morgan fingerprint density at radius 2 is 2.25 bits per heavy atom. The molecule has 6 heteroatoms. The van der Waals surface area contributed by atoms with Gasteiger partial charge >= 0.3 is 0 Å². The van der Waals surface area contributed by atoms with Gasteiger partial charge in [-0.15, -0.1) is 0 Å². The topological polar surface area (TPSA) is 56.3 Å². The molecular formula is C10H8BrN5. The molecule has 0 aliphatic carbocycles. The quantitative estimate of drug-likeness (QED) is 0.797. The number of hydrazine groups is 1. The first-order chi connectivity index (χ1) is 7.83. The van der Waals surface area contributed by atoms with Crippen LogP contribution in [0.15, 0.2) is 40.2 Å². The first kappa shape index (κ1) is 9.41. The smallest absolute Gasteiger partial charge is 0.227 e. The Labute approximate surface area is 99.6 Å². The molecule has 16 heavy (non-hydrogen) atoms. The van der Waals surface area contributed by atoms with Gasteiger partial charge in [0.15, 0.2) is 0 Å². The fourth-order valence-electron chi connectivity index (χ4n) is 1.50. The van der Waals surface area contributed by atoms with Crippen molar-refractivity contribution in [1.29, 1.82) is 0 Å². The Balaban J connectivity index is 2.10. The molecule has 0 fully saturated rings. The summed E-state index contributed by atoms with van der Waals surface area (Å²) in [5, 5.41) is 7.92. The van der Waals surface area contributed by atoms with E-state index < -0.39 is 0 Å². The van der Waals surface area contributed by atoms with E-state index >= 15 is 0 Å². The van der Waals surface area contributed by atoms with Gasteiger partial charge in [-0.1, -0.05) is 22.0 Å². The average molecular weight is 278 g/mol. The first-order valence-corrected chi connectivity index (χ1v) is 5.52. The number of hydrogen-bond donors (Lipinski definition) is 2. The third-order valence-electron chi connectivity index (χ3n) is 2.25. The van der Waals surface area contributed by atoms with E-state index in [0.717, 1.165) is 15.0 Å². The molecule has 3 rings (SSSR count). The van der Waals surface area contributed by atoms with Crippen LogP contribution in [0.2, 0.25) is 0 Å². The molecule has 0 unspecified atom stereocenters. The van der Waals surface area contributed by atoms with Gasteiger partial charge in [0.1, 0.15) is 0 Å². The monoisotopic (exact) mass is 277 g/mol. The van der Waals surface area contributed by atoms with Crippen LogP contribution in [-0.4, -0.2) is 9.97 Å². The number of H-pyrrole nitrogens is 1. The Bertz CT molecular complexity index is 619. The number of fused-ring (bicyclic) bond motifs is 1. The van der Waals surface area contributed by atoms with E-state index in [-0.39, 0.29) is 0 Å². The summed E-state index contributed by atoms with van der Waals surface area (Å²) >= 11 is 3.41. The number of benzene rings is 1. The summed E-state index contributed by atoms with van der Waals surface area (Å²) in [6.07, 6.45) is 5.40. The summed E-state index contributed by atoms with van der Waals surface area (Å²) < 4.78 is 1.01. The Morgan fingerprint density at radius 3 is 3.06 bits per heavy atom. The van der Waals surface area contributed by atoms with Crippen molar-refractivity contribution in [3.63, 3.8) is 0 Å². The lowest BCUT2D eigenvalue weighted by Crippen LogP contribution is -2.43. The number of anilines is 1. The number of rotatable bonds is 1. The highest BCUT2D eigenvalue weighted by molar-refractivity contribution is 9.10. The van der Waals surface area contributed by atoms with Crippen LogP contribution in [0.5, 0.6) is 0 Å².